The molecular weight excluding hydrogens is 323 g/mol. The van der Waals surface area contributed by atoms with Crippen LogP contribution in [0.5, 0.6) is 0 Å². The number of nitrogens with zero attached hydrogens (tertiary/aromatic N) is 1. The zero-order valence-electron chi connectivity index (χ0n) is 14.8. The molecule has 5 nitrogen and oxygen atoms in total. The molecule has 2 saturated heterocycles. The molecule has 0 bridgehead atoms. The second kappa shape index (κ2) is 8.63. The number of benzene rings is 1. The quantitative estimate of drug-likeness (QED) is 0.855. The van der Waals surface area contributed by atoms with E-state index in [2.05, 4.69) is 10.2 Å². The summed E-state index contributed by atoms with van der Waals surface area (Å²) in [5, 5.41) is 2.76. The highest BCUT2D eigenvalue weighted by molar-refractivity contribution is 5.94. The molecule has 2 fully saturated rings. The van der Waals surface area contributed by atoms with Crippen molar-refractivity contribution in [2.24, 2.45) is 0 Å². The first kappa shape index (κ1) is 18.1. The van der Waals surface area contributed by atoms with Crippen molar-refractivity contribution in [3.05, 3.63) is 24.0 Å². The lowest BCUT2D eigenvalue weighted by atomic mass is 10.1. The second-order valence-electron chi connectivity index (χ2n) is 6.85. The fourth-order valence-electron chi connectivity index (χ4n) is 3.31. The Balaban J connectivity index is 1.54. The van der Waals surface area contributed by atoms with E-state index in [0.29, 0.717) is 12.3 Å². The summed E-state index contributed by atoms with van der Waals surface area (Å²) in [4.78, 5) is 14.5. The molecule has 1 N–H and O–H groups in total. The predicted octanol–water partition coefficient (Wildman–Crippen LogP) is 3.34. The van der Waals surface area contributed by atoms with E-state index in [-0.39, 0.29) is 17.8 Å². The van der Waals surface area contributed by atoms with E-state index in [9.17, 15) is 9.18 Å². The molecule has 2 unspecified atom stereocenters. The minimum Gasteiger partial charge on any atom is -0.376 e. The third-order valence-corrected chi connectivity index (χ3v) is 4.80. The average Bonchev–Trinajstić information content (AvgIpc) is 3.14. The van der Waals surface area contributed by atoms with Crippen LogP contribution in [0.4, 0.5) is 15.8 Å². The first-order chi connectivity index (χ1) is 12.1. The summed E-state index contributed by atoms with van der Waals surface area (Å²) in [6, 6.07) is 4.68. The van der Waals surface area contributed by atoms with Crippen molar-refractivity contribution >= 4 is 17.3 Å². The van der Waals surface area contributed by atoms with Gasteiger partial charge in [0, 0.05) is 31.1 Å². The van der Waals surface area contributed by atoms with Crippen LogP contribution in [0, 0.1) is 5.82 Å². The van der Waals surface area contributed by atoms with Gasteiger partial charge in [0.2, 0.25) is 0 Å². The van der Waals surface area contributed by atoms with Gasteiger partial charge in [0.15, 0.2) is 0 Å². The van der Waals surface area contributed by atoms with E-state index in [1.54, 1.807) is 6.92 Å². The average molecular weight is 350 g/mol. The maximum atomic E-state index is 13.9. The molecular formula is C19H27FN2O3. The standard InChI is InChI=1S/C19H27FN2O3/c1-14(25-13-18-6-2-5-9-24-18)19(23)21-16-10-15(20)11-17(12-16)22-7-3-4-8-22/h10-12,14,18H,2-9,13H2,1H3,(H,21,23). The highest BCUT2D eigenvalue weighted by atomic mass is 19.1. The highest BCUT2D eigenvalue weighted by Crippen LogP contribution is 2.25. The summed E-state index contributed by atoms with van der Waals surface area (Å²) >= 11 is 0. The van der Waals surface area contributed by atoms with Crippen molar-refractivity contribution < 1.29 is 18.7 Å². The molecule has 0 aliphatic carbocycles. The number of carbonyl (C=O) groups excluding carboxylic acids is 1. The van der Waals surface area contributed by atoms with Crippen LogP contribution in [0.1, 0.15) is 39.0 Å². The number of anilines is 2. The van der Waals surface area contributed by atoms with E-state index < -0.39 is 6.10 Å². The number of amides is 1. The van der Waals surface area contributed by atoms with Gasteiger partial charge in [-0.2, -0.15) is 0 Å². The number of carbonyl (C=O) groups is 1. The fourth-order valence-corrected chi connectivity index (χ4v) is 3.31. The summed E-state index contributed by atoms with van der Waals surface area (Å²) in [6.45, 7) is 4.74. The van der Waals surface area contributed by atoms with Gasteiger partial charge in [-0.25, -0.2) is 4.39 Å². The summed E-state index contributed by atoms with van der Waals surface area (Å²) in [7, 11) is 0. The Bertz CT molecular complexity index is 584. The molecule has 0 aromatic heterocycles. The second-order valence-corrected chi connectivity index (χ2v) is 6.85. The Hall–Kier alpha value is -1.66. The molecule has 2 heterocycles. The summed E-state index contributed by atoms with van der Waals surface area (Å²) in [6.07, 6.45) is 4.89. The number of ether oxygens (including phenoxy) is 2. The highest BCUT2D eigenvalue weighted by Gasteiger charge is 2.20. The molecule has 2 aliphatic rings. The molecule has 25 heavy (non-hydrogen) atoms. The van der Waals surface area contributed by atoms with Crippen LogP contribution in [0.15, 0.2) is 18.2 Å². The Morgan fingerprint density at radius 1 is 1.32 bits per heavy atom. The van der Waals surface area contributed by atoms with Crippen molar-refractivity contribution in [1.82, 2.24) is 0 Å². The molecule has 0 saturated carbocycles. The van der Waals surface area contributed by atoms with E-state index in [1.165, 1.54) is 12.1 Å². The molecule has 1 aromatic rings. The van der Waals surface area contributed by atoms with Gasteiger partial charge in [-0.1, -0.05) is 0 Å². The van der Waals surface area contributed by atoms with Gasteiger partial charge in [-0.3, -0.25) is 4.79 Å². The summed E-state index contributed by atoms with van der Waals surface area (Å²) in [5.74, 6) is -0.613. The Kier molecular flexibility index (Phi) is 6.26. The lowest BCUT2D eigenvalue weighted by Crippen LogP contribution is -2.32. The first-order valence-electron chi connectivity index (χ1n) is 9.21. The number of nitrogens with one attached hydrogen (secondary N) is 1. The van der Waals surface area contributed by atoms with E-state index in [1.807, 2.05) is 6.07 Å². The lowest BCUT2D eigenvalue weighted by molar-refractivity contribution is -0.130. The van der Waals surface area contributed by atoms with Gasteiger partial charge in [-0.15, -0.1) is 0 Å². The van der Waals surface area contributed by atoms with Crippen molar-refractivity contribution in [3.63, 3.8) is 0 Å². The minimum atomic E-state index is -0.607. The molecule has 0 spiro atoms. The topological polar surface area (TPSA) is 50.8 Å². The number of hydrogen-bond acceptors (Lipinski definition) is 4. The van der Waals surface area contributed by atoms with Crippen molar-refractivity contribution in [1.29, 1.82) is 0 Å². The third-order valence-electron chi connectivity index (χ3n) is 4.80. The Morgan fingerprint density at radius 3 is 2.84 bits per heavy atom. The SMILES string of the molecule is CC(OCC1CCCCO1)C(=O)Nc1cc(F)cc(N2CCCC2)c1. The van der Waals surface area contributed by atoms with Crippen LogP contribution < -0.4 is 10.2 Å². The number of hydrogen-bond donors (Lipinski definition) is 1. The van der Waals surface area contributed by atoms with Crippen LogP contribution >= 0.6 is 0 Å². The van der Waals surface area contributed by atoms with Crippen molar-refractivity contribution in [2.45, 2.75) is 51.2 Å². The molecule has 2 atom stereocenters. The summed E-state index contributed by atoms with van der Waals surface area (Å²) in [5.41, 5.74) is 1.29. The largest absolute Gasteiger partial charge is 0.376 e. The van der Waals surface area contributed by atoms with Crippen LogP contribution in [-0.2, 0) is 14.3 Å². The zero-order valence-corrected chi connectivity index (χ0v) is 14.8. The molecule has 2 aliphatic heterocycles. The molecule has 3 rings (SSSR count). The summed E-state index contributed by atoms with van der Waals surface area (Å²) < 4.78 is 25.1. The van der Waals surface area contributed by atoms with Gasteiger partial charge in [-0.05, 0) is 57.2 Å². The van der Waals surface area contributed by atoms with Gasteiger partial charge in [0.1, 0.15) is 11.9 Å². The van der Waals surface area contributed by atoms with E-state index in [0.717, 1.165) is 57.5 Å². The fraction of sp³-hybridized carbons (Fsp3) is 0.632. The molecule has 1 amide bonds. The van der Waals surface area contributed by atoms with Crippen LogP contribution in [0.25, 0.3) is 0 Å². The van der Waals surface area contributed by atoms with Gasteiger partial charge in [0.25, 0.3) is 5.91 Å². The maximum Gasteiger partial charge on any atom is 0.253 e. The number of halogens is 1. The maximum absolute atomic E-state index is 13.9. The minimum absolute atomic E-state index is 0.0694. The van der Waals surface area contributed by atoms with Crippen LogP contribution in [-0.4, -0.2) is 44.4 Å². The van der Waals surface area contributed by atoms with Crippen molar-refractivity contribution in [3.8, 4) is 0 Å². The lowest BCUT2D eigenvalue weighted by Gasteiger charge is -2.24. The Labute approximate surface area is 148 Å². The third kappa shape index (κ3) is 5.16. The monoisotopic (exact) mass is 350 g/mol. The van der Waals surface area contributed by atoms with E-state index >= 15 is 0 Å². The molecule has 6 heteroatoms. The number of rotatable bonds is 6. The van der Waals surface area contributed by atoms with Gasteiger partial charge in [0.05, 0.1) is 12.7 Å². The van der Waals surface area contributed by atoms with E-state index in [4.69, 9.17) is 9.47 Å². The normalized spacial score (nSPS) is 22.0. The van der Waals surface area contributed by atoms with Gasteiger partial charge >= 0.3 is 0 Å². The van der Waals surface area contributed by atoms with Crippen LogP contribution in [0.2, 0.25) is 0 Å². The van der Waals surface area contributed by atoms with Gasteiger partial charge < -0.3 is 19.7 Å². The first-order valence-corrected chi connectivity index (χ1v) is 9.21. The van der Waals surface area contributed by atoms with Crippen molar-refractivity contribution in [2.75, 3.05) is 36.5 Å². The predicted molar refractivity (Wildman–Crippen MR) is 95.5 cm³/mol. The molecule has 138 valence electrons. The zero-order chi connectivity index (χ0) is 17.6. The smallest absolute Gasteiger partial charge is 0.253 e. The molecule has 0 radical (unpaired) electrons. The molecule has 1 aromatic carbocycles. The Morgan fingerprint density at radius 2 is 2.12 bits per heavy atom. The van der Waals surface area contributed by atoms with Crippen LogP contribution in [0.3, 0.4) is 0 Å².